The molecule has 1 aliphatic rings. The third kappa shape index (κ3) is 2.49. The van der Waals surface area contributed by atoms with E-state index in [0.717, 1.165) is 0 Å². The summed E-state index contributed by atoms with van der Waals surface area (Å²) in [5.41, 5.74) is 0. The lowest BCUT2D eigenvalue weighted by Crippen LogP contribution is -2.26. The van der Waals surface area contributed by atoms with Crippen LogP contribution in [0.4, 0.5) is 5.82 Å². The first-order valence-corrected chi connectivity index (χ1v) is 5.28. The molecule has 1 amide bonds. The van der Waals surface area contributed by atoms with Gasteiger partial charge in [-0.15, -0.1) is 0 Å². The number of carbonyl (C=O) groups is 1. The van der Waals surface area contributed by atoms with Crippen molar-refractivity contribution in [3.63, 3.8) is 0 Å². The first-order chi connectivity index (χ1) is 7.65. The Morgan fingerprint density at radius 2 is 2.38 bits per heavy atom. The molecule has 1 aromatic rings. The number of amidine groups is 1. The van der Waals surface area contributed by atoms with Gasteiger partial charge in [-0.25, -0.2) is 9.99 Å². The molecule has 84 valence electrons. The molecule has 2 heterocycles. The first kappa shape index (κ1) is 10.9. The lowest BCUT2D eigenvalue weighted by Gasteiger charge is -2.11. The van der Waals surface area contributed by atoms with Crippen molar-refractivity contribution in [3.05, 3.63) is 23.4 Å². The summed E-state index contributed by atoms with van der Waals surface area (Å²) < 4.78 is 0. The number of nitrogens with zero attached hydrogens (tertiary/aromatic N) is 3. The summed E-state index contributed by atoms with van der Waals surface area (Å²) in [6.07, 6.45) is 0.702. The Labute approximate surface area is 98.1 Å². The molecular weight excluding hydrogens is 228 g/mol. The highest BCUT2D eigenvalue weighted by Crippen LogP contribution is 2.18. The number of pyridine rings is 1. The van der Waals surface area contributed by atoms with Gasteiger partial charge in [0, 0.05) is 13.3 Å². The summed E-state index contributed by atoms with van der Waals surface area (Å²) in [5.74, 6) is 1.24. The fraction of sp³-hybridized carbons (Fsp3) is 0.300. The minimum Gasteiger partial charge on any atom is -0.313 e. The Bertz CT molecular complexity index is 446. The molecule has 0 spiro atoms. The molecule has 1 aliphatic heterocycles. The maximum atomic E-state index is 10.8. The largest absolute Gasteiger partial charge is 0.313 e. The van der Waals surface area contributed by atoms with Crippen LogP contribution in [0.5, 0.6) is 0 Å². The number of hydrazone groups is 1. The minimum absolute atomic E-state index is 0.111. The molecule has 16 heavy (non-hydrogen) atoms. The van der Waals surface area contributed by atoms with E-state index in [-0.39, 0.29) is 5.91 Å². The van der Waals surface area contributed by atoms with E-state index in [2.05, 4.69) is 15.4 Å². The lowest BCUT2D eigenvalue weighted by atomic mass is 10.4. The molecule has 0 aliphatic carbocycles. The van der Waals surface area contributed by atoms with Gasteiger partial charge in [0.15, 0.2) is 5.82 Å². The predicted molar refractivity (Wildman–Crippen MR) is 62.5 cm³/mol. The Morgan fingerprint density at radius 1 is 1.56 bits per heavy atom. The molecule has 5 nitrogen and oxygen atoms in total. The first-order valence-electron chi connectivity index (χ1n) is 4.90. The molecule has 0 unspecified atom stereocenters. The molecule has 0 aromatic carbocycles. The second-order valence-corrected chi connectivity index (χ2v) is 3.81. The number of rotatable bonds is 1. The number of anilines is 1. The van der Waals surface area contributed by atoms with Crippen LogP contribution in [0.1, 0.15) is 13.3 Å². The van der Waals surface area contributed by atoms with Gasteiger partial charge in [0.25, 0.3) is 0 Å². The van der Waals surface area contributed by atoms with E-state index >= 15 is 0 Å². The van der Waals surface area contributed by atoms with Crippen molar-refractivity contribution < 1.29 is 4.79 Å². The second kappa shape index (κ2) is 4.49. The maximum absolute atomic E-state index is 10.8. The van der Waals surface area contributed by atoms with Gasteiger partial charge in [-0.1, -0.05) is 17.7 Å². The molecule has 0 fully saturated rings. The van der Waals surface area contributed by atoms with E-state index in [0.29, 0.717) is 29.8 Å². The van der Waals surface area contributed by atoms with Gasteiger partial charge >= 0.3 is 0 Å². The van der Waals surface area contributed by atoms with Crippen molar-refractivity contribution in [2.24, 2.45) is 5.10 Å². The molecule has 1 aromatic heterocycles. The normalized spacial score (nSPS) is 14.9. The van der Waals surface area contributed by atoms with Gasteiger partial charge in [-0.05, 0) is 12.1 Å². The van der Waals surface area contributed by atoms with Crippen molar-refractivity contribution in [3.8, 4) is 0 Å². The standard InChI is InChI=1S/C10H11ClN4O/c1-7(16)12-9-5-6-15(14-9)10-4-2-3-8(11)13-10/h2-4H,5-6H2,1H3,(H,12,14,16). The van der Waals surface area contributed by atoms with E-state index in [1.165, 1.54) is 6.92 Å². The Balaban J connectivity index is 2.13. The van der Waals surface area contributed by atoms with E-state index in [1.807, 2.05) is 12.1 Å². The zero-order valence-corrected chi connectivity index (χ0v) is 9.53. The van der Waals surface area contributed by atoms with Crippen LogP contribution in [0, 0.1) is 0 Å². The molecule has 2 rings (SSSR count). The van der Waals surface area contributed by atoms with Crippen LogP contribution in [0.3, 0.4) is 0 Å². The van der Waals surface area contributed by atoms with Gasteiger partial charge in [-0.2, -0.15) is 5.10 Å². The highest BCUT2D eigenvalue weighted by atomic mass is 35.5. The minimum atomic E-state index is -0.111. The summed E-state index contributed by atoms with van der Waals surface area (Å²) in [4.78, 5) is 15.0. The van der Waals surface area contributed by atoms with Crippen LogP contribution in [-0.4, -0.2) is 23.3 Å². The monoisotopic (exact) mass is 238 g/mol. The van der Waals surface area contributed by atoms with Crippen LogP contribution < -0.4 is 10.3 Å². The van der Waals surface area contributed by atoms with Crippen LogP contribution in [0.15, 0.2) is 23.3 Å². The number of aromatic nitrogens is 1. The van der Waals surface area contributed by atoms with E-state index < -0.39 is 0 Å². The highest BCUT2D eigenvalue weighted by Gasteiger charge is 2.17. The van der Waals surface area contributed by atoms with Gasteiger partial charge in [0.2, 0.25) is 5.91 Å². The quantitative estimate of drug-likeness (QED) is 0.753. The molecule has 0 radical (unpaired) electrons. The fourth-order valence-electron chi connectivity index (χ4n) is 1.46. The summed E-state index contributed by atoms with van der Waals surface area (Å²) in [6, 6.07) is 5.35. The van der Waals surface area contributed by atoms with Crippen molar-refractivity contribution in [2.75, 3.05) is 11.6 Å². The molecule has 0 saturated carbocycles. The fourth-order valence-corrected chi connectivity index (χ4v) is 1.61. The Kier molecular flexibility index (Phi) is 3.05. The average molecular weight is 239 g/mol. The SMILES string of the molecule is CC(=O)NC1=NN(c2cccc(Cl)n2)CC1. The molecular formula is C10H11ClN4O. The van der Waals surface area contributed by atoms with Crippen LogP contribution in [0.25, 0.3) is 0 Å². The van der Waals surface area contributed by atoms with Gasteiger partial charge in [0.1, 0.15) is 11.0 Å². The molecule has 1 N–H and O–H groups in total. The number of amides is 1. The smallest absolute Gasteiger partial charge is 0.222 e. The van der Waals surface area contributed by atoms with Crippen molar-refractivity contribution >= 4 is 29.2 Å². The molecule has 0 bridgehead atoms. The topological polar surface area (TPSA) is 57.6 Å². The highest BCUT2D eigenvalue weighted by molar-refractivity contribution is 6.29. The summed E-state index contributed by atoms with van der Waals surface area (Å²) in [6.45, 7) is 2.16. The summed E-state index contributed by atoms with van der Waals surface area (Å²) in [7, 11) is 0. The van der Waals surface area contributed by atoms with Crippen molar-refractivity contribution in [1.82, 2.24) is 10.3 Å². The van der Waals surface area contributed by atoms with Gasteiger partial charge < -0.3 is 5.32 Å². The van der Waals surface area contributed by atoms with E-state index in [9.17, 15) is 4.79 Å². The van der Waals surface area contributed by atoms with Crippen molar-refractivity contribution in [2.45, 2.75) is 13.3 Å². The van der Waals surface area contributed by atoms with Gasteiger partial charge in [-0.3, -0.25) is 4.79 Å². The Morgan fingerprint density at radius 3 is 3.06 bits per heavy atom. The van der Waals surface area contributed by atoms with E-state index in [1.54, 1.807) is 11.1 Å². The molecule has 0 saturated heterocycles. The number of hydrogen-bond donors (Lipinski definition) is 1. The van der Waals surface area contributed by atoms with E-state index in [4.69, 9.17) is 11.6 Å². The molecule has 6 heteroatoms. The third-order valence-corrected chi connectivity index (χ3v) is 2.30. The second-order valence-electron chi connectivity index (χ2n) is 3.42. The number of carbonyl (C=O) groups excluding carboxylic acids is 1. The number of nitrogens with one attached hydrogen (secondary N) is 1. The predicted octanol–water partition coefficient (Wildman–Crippen LogP) is 1.39. The number of halogens is 1. The zero-order valence-electron chi connectivity index (χ0n) is 8.77. The average Bonchev–Trinajstić information content (AvgIpc) is 2.65. The van der Waals surface area contributed by atoms with Crippen LogP contribution in [0.2, 0.25) is 5.15 Å². The summed E-state index contributed by atoms with van der Waals surface area (Å²) in [5, 5.41) is 9.05. The van der Waals surface area contributed by atoms with Crippen molar-refractivity contribution in [1.29, 1.82) is 0 Å². The maximum Gasteiger partial charge on any atom is 0.222 e. The molecule has 0 atom stereocenters. The van der Waals surface area contributed by atoms with Crippen LogP contribution in [-0.2, 0) is 4.79 Å². The Hall–Kier alpha value is -1.62. The summed E-state index contributed by atoms with van der Waals surface area (Å²) >= 11 is 5.79. The van der Waals surface area contributed by atoms with Crippen LogP contribution >= 0.6 is 11.6 Å². The third-order valence-electron chi connectivity index (χ3n) is 2.09. The lowest BCUT2D eigenvalue weighted by molar-refractivity contribution is -0.117. The number of hydrogen-bond acceptors (Lipinski definition) is 4. The zero-order chi connectivity index (χ0) is 11.5. The van der Waals surface area contributed by atoms with Gasteiger partial charge in [0.05, 0.1) is 6.54 Å².